The Bertz CT molecular complexity index is 781. The molecule has 0 fully saturated rings. The summed E-state index contributed by atoms with van der Waals surface area (Å²) in [7, 11) is 0. The van der Waals surface area contributed by atoms with Gasteiger partial charge >= 0.3 is 0 Å². The van der Waals surface area contributed by atoms with Gasteiger partial charge in [0.15, 0.2) is 0 Å². The highest BCUT2D eigenvalue weighted by molar-refractivity contribution is 8.10. The summed E-state index contributed by atoms with van der Waals surface area (Å²) >= 11 is 1.59. The van der Waals surface area contributed by atoms with E-state index in [1.54, 1.807) is 11.8 Å². The van der Waals surface area contributed by atoms with Gasteiger partial charge in [0.25, 0.3) is 0 Å². The normalized spacial score (nSPS) is 10.7. The average Bonchev–Trinajstić information content (AvgIpc) is 2.55. The summed E-state index contributed by atoms with van der Waals surface area (Å²) < 4.78 is 0. The summed E-state index contributed by atoms with van der Waals surface area (Å²) in [5.74, 6) is 0. The molecule has 0 aliphatic heterocycles. The number of anilines is 1. The van der Waals surface area contributed by atoms with Crippen molar-refractivity contribution in [2.75, 3.05) is 5.73 Å². The lowest BCUT2D eigenvalue weighted by Gasteiger charge is -2.07. The molecular weight excluding hydrogens is 300 g/mol. The Morgan fingerprint density at radius 1 is 1.22 bits per heavy atom. The Morgan fingerprint density at radius 2 is 1.91 bits per heavy atom. The maximum atomic E-state index is 8.81. The van der Waals surface area contributed by atoms with Crippen LogP contribution in [0.25, 0.3) is 4.91 Å². The summed E-state index contributed by atoms with van der Waals surface area (Å²) in [6.45, 7) is 8.20. The number of benzene rings is 2. The molecule has 23 heavy (non-hydrogen) atoms. The van der Waals surface area contributed by atoms with E-state index in [1.165, 1.54) is 11.1 Å². The molecule has 0 aromatic heterocycles. The summed E-state index contributed by atoms with van der Waals surface area (Å²) in [6.07, 6.45) is 3.01. The smallest absolute Gasteiger partial charge is 0.0991 e. The monoisotopic (exact) mass is 320 g/mol. The Kier molecular flexibility index (Phi) is 5.67. The van der Waals surface area contributed by atoms with Crippen LogP contribution in [0.5, 0.6) is 0 Å². The van der Waals surface area contributed by atoms with Crippen molar-refractivity contribution in [3.8, 4) is 6.07 Å². The van der Waals surface area contributed by atoms with Crippen LogP contribution in [0.1, 0.15) is 27.8 Å². The van der Waals surface area contributed by atoms with Crippen LogP contribution >= 0.6 is 11.8 Å². The second-order valence-electron chi connectivity index (χ2n) is 5.44. The number of allylic oxidation sites excluding steroid dienone is 1. The van der Waals surface area contributed by atoms with Crippen molar-refractivity contribution in [1.82, 2.24) is 0 Å². The molecule has 0 spiro atoms. The van der Waals surface area contributed by atoms with Crippen LogP contribution in [0.2, 0.25) is 0 Å². The lowest BCUT2D eigenvalue weighted by atomic mass is 10.0. The molecule has 0 atom stereocenters. The fraction of sp³-hybridized carbons (Fsp3) is 0.150. The van der Waals surface area contributed by atoms with Crippen molar-refractivity contribution in [2.45, 2.75) is 20.3 Å². The van der Waals surface area contributed by atoms with Crippen molar-refractivity contribution in [3.63, 3.8) is 0 Å². The maximum absolute atomic E-state index is 8.81. The van der Waals surface area contributed by atoms with Gasteiger partial charge in [-0.25, -0.2) is 0 Å². The minimum absolute atomic E-state index is 0.663. The number of hydrogen-bond donors (Lipinski definition) is 1. The SMILES string of the molecule is C=C(S/C=C/Cc1cc(C)c(N)cc1C)c1ccc(C#N)cc1. The van der Waals surface area contributed by atoms with Gasteiger partial charge in [0.05, 0.1) is 11.6 Å². The molecule has 0 bridgehead atoms. The topological polar surface area (TPSA) is 49.8 Å². The van der Waals surface area contributed by atoms with Gasteiger partial charge in [-0.05, 0) is 66.1 Å². The Morgan fingerprint density at radius 3 is 2.57 bits per heavy atom. The fourth-order valence-electron chi connectivity index (χ4n) is 2.22. The van der Waals surface area contributed by atoms with Gasteiger partial charge in [-0.1, -0.05) is 42.6 Å². The molecule has 3 heteroatoms. The zero-order chi connectivity index (χ0) is 16.8. The first-order valence-corrected chi connectivity index (χ1v) is 8.26. The minimum Gasteiger partial charge on any atom is -0.399 e. The molecule has 0 saturated carbocycles. The van der Waals surface area contributed by atoms with Crippen LogP contribution < -0.4 is 5.73 Å². The van der Waals surface area contributed by atoms with E-state index < -0.39 is 0 Å². The quantitative estimate of drug-likeness (QED) is 0.769. The van der Waals surface area contributed by atoms with Crippen LogP contribution in [0, 0.1) is 25.2 Å². The highest BCUT2D eigenvalue weighted by Crippen LogP contribution is 2.27. The molecule has 2 aromatic rings. The summed E-state index contributed by atoms with van der Waals surface area (Å²) in [6, 6.07) is 13.8. The number of nitrogen functional groups attached to an aromatic ring is 1. The van der Waals surface area contributed by atoms with E-state index in [-0.39, 0.29) is 0 Å². The number of thioether (sulfide) groups is 1. The molecule has 2 N–H and O–H groups in total. The second-order valence-corrected chi connectivity index (χ2v) is 6.44. The van der Waals surface area contributed by atoms with E-state index in [0.717, 1.165) is 28.1 Å². The van der Waals surface area contributed by atoms with E-state index in [1.807, 2.05) is 37.3 Å². The molecule has 0 heterocycles. The molecule has 2 aromatic carbocycles. The third-order valence-electron chi connectivity index (χ3n) is 3.70. The molecule has 0 saturated heterocycles. The van der Waals surface area contributed by atoms with Gasteiger partial charge in [-0.15, -0.1) is 0 Å². The summed E-state index contributed by atoms with van der Waals surface area (Å²) in [5, 5.41) is 10.9. The fourth-order valence-corrected chi connectivity index (χ4v) is 2.85. The predicted molar refractivity (Wildman–Crippen MR) is 101 cm³/mol. The number of hydrogen-bond acceptors (Lipinski definition) is 3. The molecule has 2 nitrogen and oxygen atoms in total. The van der Waals surface area contributed by atoms with Crippen molar-refractivity contribution < 1.29 is 0 Å². The largest absolute Gasteiger partial charge is 0.399 e. The van der Waals surface area contributed by atoms with E-state index in [4.69, 9.17) is 11.0 Å². The minimum atomic E-state index is 0.663. The van der Waals surface area contributed by atoms with E-state index in [9.17, 15) is 0 Å². The number of nitriles is 1. The van der Waals surface area contributed by atoms with Crippen molar-refractivity contribution in [3.05, 3.63) is 82.3 Å². The molecule has 116 valence electrons. The number of rotatable bonds is 5. The van der Waals surface area contributed by atoms with Crippen molar-refractivity contribution in [1.29, 1.82) is 5.26 Å². The second kappa shape index (κ2) is 7.71. The Labute approximate surface area is 142 Å². The van der Waals surface area contributed by atoms with Gasteiger partial charge in [0.1, 0.15) is 0 Å². The van der Waals surface area contributed by atoms with Gasteiger partial charge in [-0.2, -0.15) is 5.26 Å². The standard InChI is InChI=1S/C20H20N2S/c1-14-12-20(22)15(2)11-19(14)5-4-10-23-16(3)18-8-6-17(13-21)7-9-18/h4,6-12H,3,5,22H2,1-2H3/b10-4+. The molecule has 0 amide bonds. The van der Waals surface area contributed by atoms with Gasteiger partial charge in [0, 0.05) is 10.6 Å². The van der Waals surface area contributed by atoms with E-state index in [2.05, 4.69) is 37.1 Å². The summed E-state index contributed by atoms with van der Waals surface area (Å²) in [5.41, 5.74) is 12.1. The molecule has 2 rings (SSSR count). The molecule has 0 unspecified atom stereocenters. The Hall–Kier alpha value is -2.44. The highest BCUT2D eigenvalue weighted by Gasteiger charge is 2.01. The lowest BCUT2D eigenvalue weighted by Crippen LogP contribution is -1.95. The van der Waals surface area contributed by atoms with Crippen LogP contribution in [-0.4, -0.2) is 0 Å². The predicted octanol–water partition coefficient (Wildman–Crippen LogP) is 5.22. The van der Waals surface area contributed by atoms with Crippen molar-refractivity contribution in [2.24, 2.45) is 0 Å². The maximum Gasteiger partial charge on any atom is 0.0991 e. The zero-order valence-corrected chi connectivity index (χ0v) is 14.3. The van der Waals surface area contributed by atoms with Crippen molar-refractivity contribution >= 4 is 22.4 Å². The van der Waals surface area contributed by atoms with E-state index >= 15 is 0 Å². The van der Waals surface area contributed by atoms with Crippen LogP contribution in [-0.2, 0) is 6.42 Å². The molecule has 0 radical (unpaired) electrons. The first kappa shape index (κ1) is 16.9. The third kappa shape index (κ3) is 4.51. The molecule has 0 aliphatic carbocycles. The van der Waals surface area contributed by atoms with Gasteiger partial charge in [0.2, 0.25) is 0 Å². The zero-order valence-electron chi connectivity index (χ0n) is 13.5. The number of aryl methyl sites for hydroxylation is 2. The van der Waals surface area contributed by atoms with Crippen LogP contribution in [0.3, 0.4) is 0 Å². The van der Waals surface area contributed by atoms with E-state index in [0.29, 0.717) is 5.56 Å². The summed E-state index contributed by atoms with van der Waals surface area (Å²) in [4.78, 5) is 0.968. The van der Waals surface area contributed by atoms with Crippen LogP contribution in [0.15, 0.2) is 54.5 Å². The average molecular weight is 320 g/mol. The molecule has 0 aliphatic rings. The number of nitrogens with two attached hydrogens (primary N) is 1. The van der Waals surface area contributed by atoms with Gasteiger partial charge in [-0.3, -0.25) is 0 Å². The Balaban J connectivity index is 1.95. The first-order valence-electron chi connectivity index (χ1n) is 7.38. The number of nitrogens with zero attached hydrogens (tertiary/aromatic N) is 1. The van der Waals surface area contributed by atoms with Crippen LogP contribution in [0.4, 0.5) is 5.69 Å². The first-order chi connectivity index (χ1) is 11.0. The van der Waals surface area contributed by atoms with Gasteiger partial charge < -0.3 is 5.73 Å². The lowest BCUT2D eigenvalue weighted by molar-refractivity contribution is 1.20. The molecular formula is C20H20N2S. The highest BCUT2D eigenvalue weighted by atomic mass is 32.2. The third-order valence-corrected chi connectivity index (χ3v) is 4.55.